The van der Waals surface area contributed by atoms with Crippen LogP contribution in [0, 0.1) is 17.4 Å². The van der Waals surface area contributed by atoms with E-state index in [1.165, 1.54) is 11.1 Å². The van der Waals surface area contributed by atoms with Crippen LogP contribution in [0.15, 0.2) is 30.3 Å². The molecule has 1 N–H and O–H groups in total. The lowest BCUT2D eigenvalue weighted by Crippen LogP contribution is -2.19. The highest BCUT2D eigenvalue weighted by Crippen LogP contribution is 2.35. The van der Waals surface area contributed by atoms with Crippen LogP contribution >= 0.6 is 34.2 Å². The van der Waals surface area contributed by atoms with Crippen LogP contribution in [0.25, 0.3) is 0 Å². The number of halogens is 2. The van der Waals surface area contributed by atoms with Gasteiger partial charge in [-0.1, -0.05) is 29.8 Å². The zero-order valence-electron chi connectivity index (χ0n) is 12.6. The van der Waals surface area contributed by atoms with E-state index in [1.807, 2.05) is 19.2 Å². The number of hydrogen-bond donors (Lipinski definition) is 1. The van der Waals surface area contributed by atoms with Gasteiger partial charge in [0.2, 0.25) is 0 Å². The smallest absolute Gasteiger partial charge is 0.127 e. The Kier molecular flexibility index (Phi) is 5.52. The fourth-order valence-corrected chi connectivity index (χ4v) is 3.03. The number of nitrogens with one attached hydrogen (secondary N) is 1. The first kappa shape index (κ1) is 16.6. The highest BCUT2D eigenvalue weighted by Gasteiger charge is 2.19. The monoisotopic (exact) mass is 415 g/mol. The van der Waals surface area contributed by atoms with E-state index in [0.29, 0.717) is 0 Å². The molecule has 0 heterocycles. The molecule has 0 saturated carbocycles. The van der Waals surface area contributed by atoms with Gasteiger partial charge >= 0.3 is 0 Å². The number of methoxy groups -OCH3 is 1. The molecule has 0 saturated heterocycles. The molecule has 2 aromatic rings. The molecule has 112 valence electrons. The van der Waals surface area contributed by atoms with Gasteiger partial charge in [-0.25, -0.2) is 0 Å². The molecule has 0 aliphatic heterocycles. The molecule has 4 heteroatoms. The minimum Gasteiger partial charge on any atom is -0.496 e. The average Bonchev–Trinajstić information content (AvgIpc) is 2.47. The molecule has 0 aromatic heterocycles. The third-order valence-electron chi connectivity index (χ3n) is 3.79. The predicted molar refractivity (Wildman–Crippen MR) is 97.5 cm³/mol. The molecule has 0 aliphatic rings. The average molecular weight is 416 g/mol. The van der Waals surface area contributed by atoms with E-state index in [9.17, 15) is 0 Å². The van der Waals surface area contributed by atoms with Crippen LogP contribution in [0.3, 0.4) is 0 Å². The Morgan fingerprint density at radius 3 is 2.48 bits per heavy atom. The lowest BCUT2D eigenvalue weighted by atomic mass is 9.94. The van der Waals surface area contributed by atoms with Crippen LogP contribution in [0.4, 0.5) is 0 Å². The maximum atomic E-state index is 6.27. The number of hydrogen-bond acceptors (Lipinski definition) is 2. The summed E-state index contributed by atoms with van der Waals surface area (Å²) in [4.78, 5) is 0. The van der Waals surface area contributed by atoms with Gasteiger partial charge in [0.05, 0.1) is 18.2 Å². The highest BCUT2D eigenvalue weighted by atomic mass is 127. The summed E-state index contributed by atoms with van der Waals surface area (Å²) in [6, 6.07) is 10.5. The van der Waals surface area contributed by atoms with Gasteiger partial charge in [0.15, 0.2) is 0 Å². The van der Waals surface area contributed by atoms with Gasteiger partial charge in [0, 0.05) is 9.13 Å². The molecular weight excluding hydrogens is 397 g/mol. The van der Waals surface area contributed by atoms with E-state index in [-0.39, 0.29) is 6.04 Å². The van der Waals surface area contributed by atoms with E-state index < -0.39 is 0 Å². The Labute approximate surface area is 145 Å². The van der Waals surface area contributed by atoms with Crippen molar-refractivity contribution in [3.8, 4) is 5.75 Å². The van der Waals surface area contributed by atoms with E-state index in [1.54, 1.807) is 7.11 Å². The standard InChI is InChI=1S/C17H19ClINO/c1-10-5-7-13(17(21-4)11(10)2)16(20-3)12-6-8-15(19)14(18)9-12/h5-9,16,20H,1-4H3. The molecule has 0 radical (unpaired) electrons. The third kappa shape index (κ3) is 3.35. The molecule has 0 bridgehead atoms. The van der Waals surface area contributed by atoms with Crippen LogP contribution in [0.2, 0.25) is 5.02 Å². The van der Waals surface area contributed by atoms with Crippen LogP contribution < -0.4 is 10.1 Å². The van der Waals surface area contributed by atoms with E-state index in [4.69, 9.17) is 16.3 Å². The first-order valence-corrected chi connectivity index (χ1v) is 8.21. The summed E-state index contributed by atoms with van der Waals surface area (Å²) in [6.45, 7) is 4.18. The molecule has 0 amide bonds. The predicted octanol–water partition coefficient (Wildman–Crippen LogP) is 4.88. The van der Waals surface area contributed by atoms with Crippen LogP contribution in [0.5, 0.6) is 5.75 Å². The molecule has 0 aliphatic carbocycles. The lowest BCUT2D eigenvalue weighted by molar-refractivity contribution is 0.402. The van der Waals surface area contributed by atoms with Crippen molar-refractivity contribution >= 4 is 34.2 Å². The van der Waals surface area contributed by atoms with Crippen molar-refractivity contribution in [3.63, 3.8) is 0 Å². The minimum atomic E-state index is 0.0498. The maximum Gasteiger partial charge on any atom is 0.127 e. The summed E-state index contributed by atoms with van der Waals surface area (Å²) in [5.41, 5.74) is 4.66. The summed E-state index contributed by atoms with van der Waals surface area (Å²) in [6.07, 6.45) is 0. The molecule has 0 spiro atoms. The van der Waals surface area contributed by atoms with Crippen molar-refractivity contribution in [3.05, 3.63) is 61.2 Å². The quantitative estimate of drug-likeness (QED) is 0.719. The van der Waals surface area contributed by atoms with Gasteiger partial charge in [-0.05, 0) is 72.3 Å². The Morgan fingerprint density at radius 1 is 1.19 bits per heavy atom. The van der Waals surface area contributed by atoms with Crippen molar-refractivity contribution in [2.75, 3.05) is 14.2 Å². The molecule has 2 rings (SSSR count). The van der Waals surface area contributed by atoms with E-state index in [2.05, 4.69) is 60.0 Å². The minimum absolute atomic E-state index is 0.0498. The van der Waals surface area contributed by atoms with Gasteiger partial charge < -0.3 is 10.1 Å². The van der Waals surface area contributed by atoms with Crippen molar-refractivity contribution in [1.82, 2.24) is 5.32 Å². The fraction of sp³-hybridized carbons (Fsp3) is 0.294. The lowest BCUT2D eigenvalue weighted by Gasteiger charge is -2.22. The summed E-state index contributed by atoms with van der Waals surface area (Å²) in [5.74, 6) is 0.934. The van der Waals surface area contributed by atoms with E-state index in [0.717, 1.165) is 25.5 Å². The number of rotatable bonds is 4. The second kappa shape index (κ2) is 6.99. The van der Waals surface area contributed by atoms with Gasteiger partial charge in [0.25, 0.3) is 0 Å². The molecule has 0 fully saturated rings. The normalized spacial score (nSPS) is 12.3. The molecular formula is C17H19ClINO. The second-order valence-electron chi connectivity index (χ2n) is 5.03. The van der Waals surface area contributed by atoms with Gasteiger partial charge in [-0.2, -0.15) is 0 Å². The van der Waals surface area contributed by atoms with Crippen molar-refractivity contribution in [1.29, 1.82) is 0 Å². The third-order valence-corrected chi connectivity index (χ3v) is 5.36. The molecule has 1 unspecified atom stereocenters. The Hall–Kier alpha value is -0.780. The van der Waals surface area contributed by atoms with Crippen LogP contribution in [0.1, 0.15) is 28.3 Å². The summed E-state index contributed by atoms with van der Waals surface area (Å²) in [7, 11) is 3.67. The fourth-order valence-electron chi connectivity index (χ4n) is 2.50. The topological polar surface area (TPSA) is 21.3 Å². The van der Waals surface area contributed by atoms with Crippen LogP contribution in [-0.2, 0) is 0 Å². The summed E-state index contributed by atoms with van der Waals surface area (Å²) in [5, 5.41) is 4.14. The number of ether oxygens (including phenoxy) is 1. The highest BCUT2D eigenvalue weighted by molar-refractivity contribution is 14.1. The molecule has 21 heavy (non-hydrogen) atoms. The molecule has 2 aromatic carbocycles. The van der Waals surface area contributed by atoms with Crippen molar-refractivity contribution in [2.45, 2.75) is 19.9 Å². The SMILES string of the molecule is CNC(c1ccc(I)c(Cl)c1)c1ccc(C)c(C)c1OC. The molecule has 1 atom stereocenters. The molecule has 2 nitrogen and oxygen atoms in total. The van der Waals surface area contributed by atoms with Crippen LogP contribution in [-0.4, -0.2) is 14.2 Å². The Morgan fingerprint density at radius 2 is 1.90 bits per heavy atom. The Bertz CT molecular complexity index is 657. The van der Waals surface area contributed by atoms with Gasteiger partial charge in [0.1, 0.15) is 5.75 Å². The van der Waals surface area contributed by atoms with Gasteiger partial charge in [-0.15, -0.1) is 0 Å². The first-order valence-electron chi connectivity index (χ1n) is 6.76. The number of benzene rings is 2. The maximum absolute atomic E-state index is 6.27. The number of aryl methyl sites for hydroxylation is 1. The largest absolute Gasteiger partial charge is 0.496 e. The van der Waals surface area contributed by atoms with E-state index >= 15 is 0 Å². The second-order valence-corrected chi connectivity index (χ2v) is 6.59. The van der Waals surface area contributed by atoms with Crippen molar-refractivity contribution < 1.29 is 4.74 Å². The summed E-state index contributed by atoms with van der Waals surface area (Å²) < 4.78 is 6.70. The zero-order chi connectivity index (χ0) is 15.6. The zero-order valence-corrected chi connectivity index (χ0v) is 15.5. The van der Waals surface area contributed by atoms with Gasteiger partial charge in [-0.3, -0.25) is 0 Å². The van der Waals surface area contributed by atoms with Crippen molar-refractivity contribution in [2.24, 2.45) is 0 Å². The Balaban J connectivity index is 2.56. The first-order chi connectivity index (χ1) is 9.99. The summed E-state index contributed by atoms with van der Waals surface area (Å²) >= 11 is 8.50.